The Morgan fingerprint density at radius 2 is 1.86 bits per heavy atom. The molecule has 0 aliphatic carbocycles. The van der Waals surface area contributed by atoms with Gasteiger partial charge in [-0.3, -0.25) is 4.57 Å². The van der Waals surface area contributed by atoms with Crippen molar-refractivity contribution in [3.05, 3.63) is 52.2 Å². The molecule has 3 rings (SSSR count). The highest BCUT2D eigenvalue weighted by atomic mass is 16.1. The lowest BCUT2D eigenvalue weighted by molar-refractivity contribution is 0.244. The Morgan fingerprint density at radius 1 is 1.14 bits per heavy atom. The third-order valence-corrected chi connectivity index (χ3v) is 4.08. The summed E-state index contributed by atoms with van der Waals surface area (Å²) < 4.78 is 1.69. The number of rotatable bonds is 4. The maximum absolute atomic E-state index is 11.8. The third kappa shape index (κ3) is 3.25. The molecule has 2 aromatic rings. The maximum Gasteiger partial charge on any atom is 0.330 e. The molecule has 1 aliphatic heterocycles. The van der Waals surface area contributed by atoms with E-state index in [1.807, 2.05) is 19.1 Å². The van der Waals surface area contributed by atoms with Gasteiger partial charge in [0.1, 0.15) is 0 Å². The van der Waals surface area contributed by atoms with Gasteiger partial charge in [-0.05, 0) is 31.0 Å². The Labute approximate surface area is 124 Å². The molecule has 1 fully saturated rings. The van der Waals surface area contributed by atoms with E-state index in [-0.39, 0.29) is 5.69 Å². The molecule has 1 aromatic carbocycles. The molecule has 1 aliphatic rings. The van der Waals surface area contributed by atoms with E-state index in [1.165, 1.54) is 5.56 Å². The second-order valence-corrected chi connectivity index (χ2v) is 5.58. The van der Waals surface area contributed by atoms with Gasteiger partial charge in [0, 0.05) is 44.6 Å². The minimum atomic E-state index is -0.0823. The number of nitrogens with zero attached hydrogens (tertiary/aromatic N) is 2. The number of hydrogen-bond acceptors (Lipinski definition) is 3. The number of aromatic nitrogens is 2. The molecular weight excluding hydrogens is 264 g/mol. The van der Waals surface area contributed by atoms with Crippen LogP contribution >= 0.6 is 0 Å². The number of imidazole rings is 1. The van der Waals surface area contributed by atoms with Gasteiger partial charge in [-0.25, -0.2) is 4.79 Å². The largest absolute Gasteiger partial charge is 0.330 e. The number of aryl methyl sites for hydroxylation is 1. The molecular formula is C16H22N4O. The van der Waals surface area contributed by atoms with E-state index in [1.54, 1.807) is 10.8 Å². The molecule has 21 heavy (non-hydrogen) atoms. The van der Waals surface area contributed by atoms with Crippen molar-refractivity contribution in [1.82, 2.24) is 19.8 Å². The minimum Gasteiger partial charge on any atom is -0.314 e. The molecule has 1 aromatic heterocycles. The van der Waals surface area contributed by atoms with Gasteiger partial charge in [-0.1, -0.05) is 12.1 Å². The van der Waals surface area contributed by atoms with Crippen molar-refractivity contribution in [2.75, 3.05) is 32.7 Å². The summed E-state index contributed by atoms with van der Waals surface area (Å²) in [6.07, 6.45) is 2.79. The zero-order valence-electron chi connectivity index (χ0n) is 12.4. The lowest BCUT2D eigenvalue weighted by Gasteiger charge is -2.27. The Balaban J connectivity index is 1.65. The van der Waals surface area contributed by atoms with Crippen LogP contribution in [-0.4, -0.2) is 47.2 Å². The lowest BCUT2D eigenvalue weighted by Crippen LogP contribution is -2.44. The van der Waals surface area contributed by atoms with Crippen LogP contribution in [0.1, 0.15) is 11.3 Å². The predicted molar refractivity (Wildman–Crippen MR) is 84.1 cm³/mol. The van der Waals surface area contributed by atoms with Gasteiger partial charge in [-0.2, -0.15) is 0 Å². The molecule has 0 unspecified atom stereocenters. The zero-order valence-corrected chi connectivity index (χ0v) is 12.4. The van der Waals surface area contributed by atoms with Gasteiger partial charge in [-0.15, -0.1) is 0 Å². The molecule has 0 radical (unpaired) electrons. The normalized spacial score (nSPS) is 16.2. The standard InChI is InChI=1S/C16H22N4O/c1-13-12-18-16(21)20(13)15-4-2-14(3-5-15)6-9-19-10-7-17-8-11-19/h2-5,12,17H,6-11H2,1H3,(H,18,21). The Morgan fingerprint density at radius 3 is 2.48 bits per heavy atom. The van der Waals surface area contributed by atoms with Crippen molar-refractivity contribution in [3.8, 4) is 5.69 Å². The summed E-state index contributed by atoms with van der Waals surface area (Å²) in [5.41, 5.74) is 3.08. The number of hydrogen-bond donors (Lipinski definition) is 2. The Bertz CT molecular complexity index is 635. The molecule has 0 amide bonds. The van der Waals surface area contributed by atoms with Crippen LogP contribution in [-0.2, 0) is 6.42 Å². The molecule has 0 spiro atoms. The molecule has 0 atom stereocenters. The van der Waals surface area contributed by atoms with Crippen molar-refractivity contribution in [1.29, 1.82) is 0 Å². The smallest absolute Gasteiger partial charge is 0.314 e. The van der Waals surface area contributed by atoms with Crippen LogP contribution in [0, 0.1) is 6.92 Å². The molecule has 112 valence electrons. The van der Waals surface area contributed by atoms with Crippen molar-refractivity contribution < 1.29 is 0 Å². The van der Waals surface area contributed by atoms with Crippen LogP contribution in [0.25, 0.3) is 5.69 Å². The van der Waals surface area contributed by atoms with Crippen molar-refractivity contribution in [2.45, 2.75) is 13.3 Å². The highest BCUT2D eigenvalue weighted by molar-refractivity contribution is 5.36. The molecule has 5 nitrogen and oxygen atoms in total. The lowest BCUT2D eigenvalue weighted by atomic mass is 10.1. The average Bonchev–Trinajstić information content (AvgIpc) is 2.86. The van der Waals surface area contributed by atoms with Crippen molar-refractivity contribution >= 4 is 0 Å². The van der Waals surface area contributed by atoms with Gasteiger partial charge in [0.05, 0.1) is 5.69 Å². The SMILES string of the molecule is Cc1c[nH]c(=O)n1-c1ccc(CCN2CCNCC2)cc1. The number of piperazine rings is 1. The van der Waals surface area contributed by atoms with E-state index >= 15 is 0 Å². The van der Waals surface area contributed by atoms with Crippen molar-refractivity contribution in [2.24, 2.45) is 0 Å². The molecule has 0 saturated carbocycles. The highest BCUT2D eigenvalue weighted by Gasteiger charge is 2.09. The quantitative estimate of drug-likeness (QED) is 0.879. The molecule has 2 N–H and O–H groups in total. The predicted octanol–water partition coefficient (Wildman–Crippen LogP) is 0.922. The Hall–Kier alpha value is -1.85. The van der Waals surface area contributed by atoms with E-state index in [9.17, 15) is 4.79 Å². The fourth-order valence-electron chi connectivity index (χ4n) is 2.81. The summed E-state index contributed by atoms with van der Waals surface area (Å²) in [5, 5.41) is 3.37. The van der Waals surface area contributed by atoms with Gasteiger partial charge < -0.3 is 15.2 Å². The first-order chi connectivity index (χ1) is 10.2. The third-order valence-electron chi connectivity index (χ3n) is 4.08. The van der Waals surface area contributed by atoms with Crippen LogP contribution in [0.4, 0.5) is 0 Å². The number of nitrogens with one attached hydrogen (secondary N) is 2. The molecule has 2 heterocycles. The first-order valence-corrected chi connectivity index (χ1v) is 7.53. The first kappa shape index (κ1) is 14.1. The number of aromatic amines is 1. The zero-order chi connectivity index (χ0) is 14.7. The minimum absolute atomic E-state index is 0.0823. The van der Waals surface area contributed by atoms with Gasteiger partial charge in [0.25, 0.3) is 0 Å². The molecule has 5 heteroatoms. The van der Waals surface area contributed by atoms with Crippen LogP contribution in [0.15, 0.2) is 35.3 Å². The summed E-state index contributed by atoms with van der Waals surface area (Å²) in [5.74, 6) is 0. The van der Waals surface area contributed by atoms with E-state index < -0.39 is 0 Å². The first-order valence-electron chi connectivity index (χ1n) is 7.53. The number of benzene rings is 1. The Kier molecular flexibility index (Phi) is 4.22. The van der Waals surface area contributed by atoms with E-state index in [0.717, 1.165) is 50.5 Å². The summed E-state index contributed by atoms with van der Waals surface area (Å²) in [6, 6.07) is 8.29. The summed E-state index contributed by atoms with van der Waals surface area (Å²) in [7, 11) is 0. The number of H-pyrrole nitrogens is 1. The molecule has 0 bridgehead atoms. The fourth-order valence-corrected chi connectivity index (χ4v) is 2.81. The van der Waals surface area contributed by atoms with Crippen LogP contribution in [0.5, 0.6) is 0 Å². The van der Waals surface area contributed by atoms with E-state index in [2.05, 4.69) is 27.3 Å². The van der Waals surface area contributed by atoms with E-state index in [0.29, 0.717) is 0 Å². The highest BCUT2D eigenvalue weighted by Crippen LogP contribution is 2.11. The van der Waals surface area contributed by atoms with Crippen LogP contribution in [0.2, 0.25) is 0 Å². The van der Waals surface area contributed by atoms with E-state index in [4.69, 9.17) is 0 Å². The fraction of sp³-hybridized carbons (Fsp3) is 0.438. The van der Waals surface area contributed by atoms with Crippen LogP contribution < -0.4 is 11.0 Å². The second-order valence-electron chi connectivity index (χ2n) is 5.58. The van der Waals surface area contributed by atoms with Crippen LogP contribution in [0.3, 0.4) is 0 Å². The summed E-state index contributed by atoms with van der Waals surface area (Å²) >= 11 is 0. The second kappa shape index (κ2) is 6.28. The average molecular weight is 286 g/mol. The molecule has 1 saturated heterocycles. The maximum atomic E-state index is 11.8. The van der Waals surface area contributed by atoms with Gasteiger partial charge in [0.2, 0.25) is 0 Å². The van der Waals surface area contributed by atoms with Gasteiger partial charge in [0.15, 0.2) is 0 Å². The topological polar surface area (TPSA) is 53.1 Å². The van der Waals surface area contributed by atoms with Gasteiger partial charge >= 0.3 is 5.69 Å². The summed E-state index contributed by atoms with van der Waals surface area (Å²) in [6.45, 7) is 7.48. The summed E-state index contributed by atoms with van der Waals surface area (Å²) in [4.78, 5) is 17.0. The van der Waals surface area contributed by atoms with Crippen molar-refractivity contribution in [3.63, 3.8) is 0 Å². The monoisotopic (exact) mass is 286 g/mol.